The van der Waals surface area contributed by atoms with Gasteiger partial charge in [-0.3, -0.25) is 24.1 Å². The molecular formula is C77H80N14O8. The summed E-state index contributed by atoms with van der Waals surface area (Å²) < 4.78 is 21.2. The fraction of sp³-hybridized carbons (Fsp3) is 0.390. The summed E-state index contributed by atoms with van der Waals surface area (Å²) >= 11 is 0. The molecule has 3 aliphatic carbocycles. The van der Waals surface area contributed by atoms with Crippen molar-refractivity contribution in [2.45, 2.75) is 154 Å². The van der Waals surface area contributed by atoms with Gasteiger partial charge in [-0.25, -0.2) is 29.8 Å². The molecule has 16 rings (SSSR count). The van der Waals surface area contributed by atoms with E-state index in [1.807, 2.05) is 158 Å². The van der Waals surface area contributed by atoms with E-state index in [4.69, 9.17) is 38.7 Å². The number of methoxy groups -OCH3 is 1. The molecule has 1 unspecified atom stereocenters. The van der Waals surface area contributed by atoms with Gasteiger partial charge in [0, 0.05) is 102 Å². The van der Waals surface area contributed by atoms with E-state index < -0.39 is 0 Å². The number of amides is 3. The summed E-state index contributed by atoms with van der Waals surface area (Å²) in [5, 5.41) is 26.5. The Hall–Kier alpha value is -10.1. The third-order valence-corrected chi connectivity index (χ3v) is 21.4. The summed E-state index contributed by atoms with van der Waals surface area (Å²) in [5.41, 5.74) is 13.2. The zero-order valence-electron chi connectivity index (χ0n) is 56.3. The first kappa shape index (κ1) is 63.7. The predicted molar refractivity (Wildman–Crippen MR) is 374 cm³/mol. The molecule has 22 heteroatoms. The number of fused-ring (bicyclic) bond motifs is 6. The van der Waals surface area contributed by atoms with Gasteiger partial charge in [-0.2, -0.15) is 10.4 Å². The van der Waals surface area contributed by atoms with E-state index in [9.17, 15) is 5.26 Å². The average molecular weight is 1330 g/mol. The Morgan fingerprint density at radius 3 is 1.69 bits per heavy atom. The SMILES string of the molecule is COC1CCC(C(=O)N2Cc3cccnc3N(OC3CCC(C(=O)N4Cc5cccnc5N(OC5CCC(C(=O)N6Cc7cccnc7Nc7ccc(-c8c(C)noc8C)cc76)CC5)c5ccc(-c6ccc(C#N)n6C)cc54)CC3)c3ccc(-c4ccn(C5CCCCO5)n4)cc32)CC1. The van der Waals surface area contributed by atoms with Crippen LogP contribution in [0.4, 0.5) is 51.6 Å². The van der Waals surface area contributed by atoms with Gasteiger partial charge in [0.05, 0.1) is 83.5 Å². The first-order chi connectivity index (χ1) is 48.4. The van der Waals surface area contributed by atoms with Crippen LogP contribution in [0.25, 0.3) is 33.6 Å². The lowest BCUT2D eigenvalue weighted by Gasteiger charge is -2.36. The van der Waals surface area contributed by atoms with Crippen LogP contribution in [0.1, 0.15) is 136 Å². The fourth-order valence-corrected chi connectivity index (χ4v) is 16.0. The second-order valence-electron chi connectivity index (χ2n) is 27.5. The largest absolute Gasteiger partial charge is 0.381 e. The number of hydrogen-bond donors (Lipinski definition) is 1. The number of ether oxygens (including phenoxy) is 2. The number of benzene rings is 3. The quantitative estimate of drug-likeness (QED) is 0.120. The second kappa shape index (κ2) is 27.0. The van der Waals surface area contributed by atoms with Crippen molar-refractivity contribution in [3.63, 3.8) is 0 Å². The summed E-state index contributed by atoms with van der Waals surface area (Å²) in [4.78, 5) is 81.0. The Balaban J connectivity index is 0.666. The molecule has 0 radical (unpaired) electrons. The predicted octanol–water partition coefficient (Wildman–Crippen LogP) is 14.7. The first-order valence-electron chi connectivity index (χ1n) is 35.0. The third-order valence-electron chi connectivity index (χ3n) is 21.4. The van der Waals surface area contributed by atoms with Crippen molar-refractivity contribution >= 4 is 69.3 Å². The third kappa shape index (κ3) is 12.2. The standard InChI is InChI=1S/C77H80N14O8/c1-47-71(48(2)97-84-47)54-20-30-63-67(42-54)86(44-55-10-7-35-79-72(55)82-63)75(92)50-16-26-60(27-17-50)99-91-66-32-22-53(64-33-23-58(43-78)85(64)3)41-69(66)88(46-57-12-9-37-81-74(57)91)77(94)51-18-28-61(29-19-51)98-90-65-31-21-52(62-34-38-89(83-62)70-13-5-6-39-96-70)40-68(65)87(45-56-11-8-36-80-73(56)90)76(93)49-14-24-59(95-4)25-15-49/h7-12,20-23,30-38,40-42,49-51,59-61,70H,5-6,13-19,24-29,39,44-46H2,1-4H3,(H,79,82). The van der Waals surface area contributed by atoms with Crippen molar-refractivity contribution in [1.29, 1.82) is 5.26 Å². The minimum Gasteiger partial charge on any atom is -0.381 e. The minimum absolute atomic E-state index is 0.0273. The Morgan fingerprint density at radius 1 is 0.576 bits per heavy atom. The molecule has 7 aliphatic rings. The number of carbonyl (C=O) groups excluding carboxylic acids is 3. The molecule has 1 atom stereocenters. The molecule has 4 fully saturated rings. The van der Waals surface area contributed by atoms with Crippen molar-refractivity contribution in [2.24, 2.45) is 24.8 Å². The minimum atomic E-state index is -0.370. The van der Waals surface area contributed by atoms with Gasteiger partial charge in [-0.05, 0) is 189 Å². The molecule has 99 heavy (non-hydrogen) atoms. The molecule has 9 aromatic rings. The van der Waals surface area contributed by atoms with Gasteiger partial charge in [-0.1, -0.05) is 41.6 Å². The van der Waals surface area contributed by atoms with Gasteiger partial charge in [0.2, 0.25) is 17.7 Å². The van der Waals surface area contributed by atoms with Gasteiger partial charge in [-0.15, -0.1) is 0 Å². The number of nitrogens with zero attached hydrogens (tertiary/aromatic N) is 13. The van der Waals surface area contributed by atoms with Crippen LogP contribution >= 0.6 is 0 Å². The highest BCUT2D eigenvalue weighted by Gasteiger charge is 2.42. The molecule has 10 heterocycles. The van der Waals surface area contributed by atoms with E-state index in [1.165, 1.54) is 0 Å². The molecule has 3 amide bonds. The number of nitrogens with one attached hydrogen (secondary N) is 1. The number of hydrogen-bond acceptors (Lipinski definition) is 17. The van der Waals surface area contributed by atoms with Gasteiger partial charge in [0.1, 0.15) is 29.6 Å². The van der Waals surface area contributed by atoms with E-state index >= 15 is 14.4 Å². The smallest absolute Gasteiger partial charge is 0.230 e. The van der Waals surface area contributed by atoms with Crippen LogP contribution in [0, 0.1) is 42.9 Å². The Bertz CT molecular complexity index is 4560. The van der Waals surface area contributed by atoms with Crippen molar-refractivity contribution in [3.05, 3.63) is 168 Å². The molecule has 0 bridgehead atoms. The summed E-state index contributed by atoms with van der Waals surface area (Å²) in [5.74, 6) is 1.84. The number of aryl methyl sites for hydroxylation is 2. The monoisotopic (exact) mass is 1330 g/mol. The average Bonchev–Trinajstić information content (AvgIpc) is 1.64. The highest BCUT2D eigenvalue weighted by molar-refractivity contribution is 6.03. The molecule has 4 aliphatic heterocycles. The topological polar surface area (TPSA) is 228 Å². The summed E-state index contributed by atoms with van der Waals surface area (Å²) in [6, 6.07) is 38.1. The number of rotatable bonds is 12. The summed E-state index contributed by atoms with van der Waals surface area (Å²) in [7, 11) is 3.63. The molecule has 6 aromatic heterocycles. The summed E-state index contributed by atoms with van der Waals surface area (Å²) in [6.07, 6.45) is 17.4. The molecule has 1 N–H and O–H groups in total. The van der Waals surface area contributed by atoms with Crippen LogP contribution in [-0.2, 0) is 60.2 Å². The van der Waals surface area contributed by atoms with Crippen LogP contribution in [0.3, 0.4) is 0 Å². The number of pyridine rings is 3. The first-order valence-corrected chi connectivity index (χ1v) is 35.0. The van der Waals surface area contributed by atoms with Crippen LogP contribution in [0.15, 0.2) is 139 Å². The van der Waals surface area contributed by atoms with Gasteiger partial charge in [0.25, 0.3) is 0 Å². The van der Waals surface area contributed by atoms with Gasteiger partial charge >= 0.3 is 0 Å². The maximum absolute atomic E-state index is 15.8. The molecule has 3 saturated carbocycles. The lowest BCUT2D eigenvalue weighted by Crippen LogP contribution is -2.39. The Kier molecular flexibility index (Phi) is 17.4. The zero-order valence-corrected chi connectivity index (χ0v) is 56.3. The zero-order chi connectivity index (χ0) is 67.4. The van der Waals surface area contributed by atoms with Crippen LogP contribution in [-0.4, -0.2) is 84.2 Å². The number of carbonyl (C=O) groups is 3. The molecule has 3 aromatic carbocycles. The number of anilines is 9. The lowest BCUT2D eigenvalue weighted by molar-refractivity contribution is -0.125. The fourth-order valence-electron chi connectivity index (χ4n) is 16.0. The molecule has 0 spiro atoms. The van der Waals surface area contributed by atoms with E-state index in [1.54, 1.807) is 25.7 Å². The molecule has 1 saturated heterocycles. The Labute approximate surface area is 574 Å². The maximum atomic E-state index is 15.8. The van der Waals surface area contributed by atoms with E-state index in [0.717, 1.165) is 112 Å². The molecule has 22 nitrogen and oxygen atoms in total. The number of nitriles is 1. The van der Waals surface area contributed by atoms with Crippen LogP contribution < -0.4 is 30.1 Å². The van der Waals surface area contributed by atoms with E-state index in [0.29, 0.717) is 123 Å². The Morgan fingerprint density at radius 2 is 1.12 bits per heavy atom. The molecular weight excluding hydrogens is 1250 g/mol. The van der Waals surface area contributed by atoms with Gasteiger partial charge < -0.3 is 38.6 Å². The van der Waals surface area contributed by atoms with Crippen LogP contribution in [0.2, 0.25) is 0 Å². The highest BCUT2D eigenvalue weighted by atomic mass is 16.7. The van der Waals surface area contributed by atoms with Crippen molar-refractivity contribution in [1.82, 2.24) is 34.5 Å². The maximum Gasteiger partial charge on any atom is 0.230 e. The lowest BCUT2D eigenvalue weighted by atomic mass is 9.86. The highest BCUT2D eigenvalue weighted by Crippen LogP contribution is 2.49. The van der Waals surface area contributed by atoms with Gasteiger partial charge in [0.15, 0.2) is 11.6 Å². The van der Waals surface area contributed by atoms with Crippen molar-refractivity contribution in [3.8, 4) is 39.7 Å². The van der Waals surface area contributed by atoms with Crippen molar-refractivity contribution in [2.75, 3.05) is 43.9 Å². The van der Waals surface area contributed by atoms with E-state index in [-0.39, 0.29) is 66.6 Å². The molecule has 506 valence electrons. The van der Waals surface area contributed by atoms with Crippen LogP contribution in [0.5, 0.6) is 0 Å². The second-order valence-corrected chi connectivity index (χ2v) is 27.5. The number of aromatic nitrogens is 7. The summed E-state index contributed by atoms with van der Waals surface area (Å²) in [6.45, 7) is 5.40. The van der Waals surface area contributed by atoms with Crippen molar-refractivity contribution < 1.29 is 38.1 Å². The van der Waals surface area contributed by atoms with E-state index in [2.05, 4.69) is 33.7 Å². The normalized spacial score (nSPS) is 22.1.